The Morgan fingerprint density at radius 2 is 1.89 bits per heavy atom. The van der Waals surface area contributed by atoms with Gasteiger partial charge in [0.1, 0.15) is 0 Å². The van der Waals surface area contributed by atoms with Crippen molar-refractivity contribution in [2.75, 3.05) is 20.1 Å². The van der Waals surface area contributed by atoms with Crippen molar-refractivity contribution in [2.24, 2.45) is 5.92 Å². The summed E-state index contributed by atoms with van der Waals surface area (Å²) in [6.07, 6.45) is 0. The van der Waals surface area contributed by atoms with Gasteiger partial charge in [-0.1, -0.05) is 39.0 Å². The molecule has 4 nitrogen and oxygen atoms in total. The van der Waals surface area contributed by atoms with E-state index in [4.69, 9.17) is 0 Å². The molecule has 0 amide bonds. The molecule has 0 saturated heterocycles. The molecule has 0 saturated carbocycles. The Morgan fingerprint density at radius 1 is 1.26 bits per heavy atom. The zero-order valence-electron chi connectivity index (χ0n) is 12.2. The zero-order chi connectivity index (χ0) is 14.5. The van der Waals surface area contributed by atoms with E-state index in [1.807, 2.05) is 40.0 Å². The first-order valence-electron chi connectivity index (χ1n) is 6.66. The summed E-state index contributed by atoms with van der Waals surface area (Å²) in [6, 6.07) is 7.18. The van der Waals surface area contributed by atoms with E-state index >= 15 is 0 Å². The summed E-state index contributed by atoms with van der Waals surface area (Å²) in [5, 5.41) is 3.01. The second-order valence-corrected chi connectivity index (χ2v) is 6.89. The molecule has 0 atom stereocenters. The minimum atomic E-state index is -3.41. The number of sulfonamides is 1. The largest absolute Gasteiger partial charge is 0.316 e. The quantitative estimate of drug-likeness (QED) is 0.834. The van der Waals surface area contributed by atoms with E-state index in [0.29, 0.717) is 30.4 Å². The molecule has 0 aliphatic heterocycles. The van der Waals surface area contributed by atoms with Crippen LogP contribution in [0.2, 0.25) is 0 Å². The maximum absolute atomic E-state index is 12.7. The number of nitrogens with zero attached hydrogens (tertiary/aromatic N) is 1. The summed E-state index contributed by atoms with van der Waals surface area (Å²) in [4.78, 5) is 0.409. The normalized spacial score (nSPS) is 12.3. The van der Waals surface area contributed by atoms with Gasteiger partial charge in [0.2, 0.25) is 10.0 Å². The Labute approximate surface area is 116 Å². The maximum atomic E-state index is 12.7. The average Bonchev–Trinajstić information content (AvgIpc) is 2.36. The predicted octanol–water partition coefficient (Wildman–Crippen LogP) is 2.07. The van der Waals surface area contributed by atoms with Crippen molar-refractivity contribution in [1.82, 2.24) is 9.62 Å². The molecule has 1 rings (SSSR count). The second kappa shape index (κ2) is 7.03. The summed E-state index contributed by atoms with van der Waals surface area (Å²) in [5.74, 6) is 0.311. The molecule has 0 unspecified atom stereocenters. The first kappa shape index (κ1) is 16.1. The molecular weight excluding hydrogens is 260 g/mol. The monoisotopic (exact) mass is 284 g/mol. The highest BCUT2D eigenvalue weighted by atomic mass is 32.2. The van der Waals surface area contributed by atoms with Crippen LogP contribution < -0.4 is 5.32 Å². The van der Waals surface area contributed by atoms with E-state index in [-0.39, 0.29) is 0 Å². The van der Waals surface area contributed by atoms with Crippen molar-refractivity contribution in [2.45, 2.75) is 32.2 Å². The van der Waals surface area contributed by atoms with Crippen LogP contribution in [0.15, 0.2) is 29.2 Å². The smallest absolute Gasteiger partial charge is 0.243 e. The number of nitrogens with one attached hydrogen (secondary N) is 1. The van der Waals surface area contributed by atoms with Gasteiger partial charge in [0.05, 0.1) is 4.90 Å². The van der Waals surface area contributed by atoms with Gasteiger partial charge < -0.3 is 5.32 Å². The van der Waals surface area contributed by atoms with Crippen LogP contribution in [0.4, 0.5) is 0 Å². The molecule has 0 aliphatic carbocycles. The Bertz CT molecular complexity index is 498. The van der Waals surface area contributed by atoms with Gasteiger partial charge in [-0.2, -0.15) is 4.31 Å². The average molecular weight is 284 g/mol. The lowest BCUT2D eigenvalue weighted by Gasteiger charge is -2.23. The summed E-state index contributed by atoms with van der Waals surface area (Å²) in [7, 11) is -1.59. The topological polar surface area (TPSA) is 49.4 Å². The van der Waals surface area contributed by atoms with Crippen molar-refractivity contribution in [3.05, 3.63) is 29.8 Å². The highest BCUT2D eigenvalue weighted by molar-refractivity contribution is 7.89. The molecule has 1 aromatic rings. The van der Waals surface area contributed by atoms with Crippen LogP contribution in [-0.2, 0) is 16.6 Å². The first-order chi connectivity index (χ1) is 8.93. The number of benzene rings is 1. The summed E-state index contributed by atoms with van der Waals surface area (Å²) >= 11 is 0. The van der Waals surface area contributed by atoms with Gasteiger partial charge in [-0.15, -0.1) is 0 Å². The van der Waals surface area contributed by atoms with Crippen molar-refractivity contribution in [1.29, 1.82) is 0 Å². The third-order valence-corrected chi connectivity index (χ3v) is 4.92. The van der Waals surface area contributed by atoms with Gasteiger partial charge in [0, 0.05) is 19.6 Å². The van der Waals surface area contributed by atoms with Crippen molar-refractivity contribution in [3.63, 3.8) is 0 Å². The van der Waals surface area contributed by atoms with Crippen molar-refractivity contribution < 1.29 is 8.42 Å². The Kier molecular flexibility index (Phi) is 5.97. The van der Waals surface area contributed by atoms with Crippen LogP contribution >= 0.6 is 0 Å². The van der Waals surface area contributed by atoms with Gasteiger partial charge in [-0.05, 0) is 24.6 Å². The molecule has 0 heterocycles. The van der Waals surface area contributed by atoms with Crippen molar-refractivity contribution >= 4 is 10.0 Å². The van der Waals surface area contributed by atoms with E-state index in [1.54, 1.807) is 16.4 Å². The van der Waals surface area contributed by atoms with E-state index in [9.17, 15) is 8.42 Å². The summed E-state index contributed by atoms with van der Waals surface area (Å²) in [6.45, 7) is 7.52. The molecule has 108 valence electrons. The van der Waals surface area contributed by atoms with Gasteiger partial charge in [0.15, 0.2) is 0 Å². The molecule has 0 aromatic heterocycles. The third-order valence-electron chi connectivity index (χ3n) is 2.88. The number of rotatable bonds is 7. The Hall–Kier alpha value is -0.910. The fourth-order valence-corrected chi connectivity index (χ4v) is 3.87. The van der Waals surface area contributed by atoms with Crippen LogP contribution in [-0.4, -0.2) is 32.9 Å². The third kappa shape index (κ3) is 4.03. The predicted molar refractivity (Wildman–Crippen MR) is 78.5 cm³/mol. The number of hydrogen-bond acceptors (Lipinski definition) is 3. The molecular formula is C14H24N2O2S. The maximum Gasteiger partial charge on any atom is 0.243 e. The molecule has 0 bridgehead atoms. The van der Waals surface area contributed by atoms with Gasteiger partial charge in [-0.3, -0.25) is 0 Å². The molecule has 19 heavy (non-hydrogen) atoms. The molecule has 1 N–H and O–H groups in total. The fourth-order valence-electron chi connectivity index (χ4n) is 2.04. The van der Waals surface area contributed by atoms with Crippen LogP contribution in [0.1, 0.15) is 26.3 Å². The van der Waals surface area contributed by atoms with Gasteiger partial charge in [0.25, 0.3) is 0 Å². The molecule has 0 fully saturated rings. The second-order valence-electron chi connectivity index (χ2n) is 4.99. The van der Waals surface area contributed by atoms with E-state index < -0.39 is 10.0 Å². The zero-order valence-corrected chi connectivity index (χ0v) is 13.0. The summed E-state index contributed by atoms with van der Waals surface area (Å²) < 4.78 is 26.9. The molecule has 5 heteroatoms. The van der Waals surface area contributed by atoms with Crippen LogP contribution in [0.25, 0.3) is 0 Å². The lowest BCUT2D eigenvalue weighted by atomic mass is 10.2. The van der Waals surface area contributed by atoms with Crippen LogP contribution in [0.3, 0.4) is 0 Å². The standard InChI is InChI=1S/C14H24N2O2S/c1-5-16(11-12(2)3)19(17,18)14-9-7-6-8-13(14)10-15-4/h6-9,12,15H,5,10-11H2,1-4H3. The molecule has 0 spiro atoms. The SMILES string of the molecule is CCN(CC(C)C)S(=O)(=O)c1ccccc1CNC. The molecule has 0 aliphatic rings. The van der Waals surface area contributed by atoms with Crippen LogP contribution in [0.5, 0.6) is 0 Å². The van der Waals surface area contributed by atoms with Crippen LogP contribution in [0, 0.1) is 5.92 Å². The van der Waals surface area contributed by atoms with Gasteiger partial charge >= 0.3 is 0 Å². The van der Waals surface area contributed by atoms with E-state index in [0.717, 1.165) is 5.56 Å². The van der Waals surface area contributed by atoms with Gasteiger partial charge in [-0.25, -0.2) is 8.42 Å². The lowest BCUT2D eigenvalue weighted by Crippen LogP contribution is -2.34. The Morgan fingerprint density at radius 3 is 2.42 bits per heavy atom. The minimum absolute atomic E-state index is 0.311. The Balaban J connectivity index is 3.18. The summed E-state index contributed by atoms with van der Waals surface area (Å²) in [5.41, 5.74) is 0.812. The molecule has 0 radical (unpaired) electrons. The van der Waals surface area contributed by atoms with E-state index in [1.165, 1.54) is 0 Å². The van der Waals surface area contributed by atoms with Crippen molar-refractivity contribution in [3.8, 4) is 0 Å². The number of hydrogen-bond donors (Lipinski definition) is 1. The highest BCUT2D eigenvalue weighted by Gasteiger charge is 2.25. The minimum Gasteiger partial charge on any atom is -0.316 e. The first-order valence-corrected chi connectivity index (χ1v) is 8.10. The fraction of sp³-hybridized carbons (Fsp3) is 0.571. The van der Waals surface area contributed by atoms with E-state index in [2.05, 4.69) is 5.32 Å². The molecule has 1 aromatic carbocycles. The lowest BCUT2D eigenvalue weighted by molar-refractivity contribution is 0.380. The highest BCUT2D eigenvalue weighted by Crippen LogP contribution is 2.21.